The number of aromatic carboxylic acids is 1. The highest BCUT2D eigenvalue weighted by atomic mass is 79.9. The summed E-state index contributed by atoms with van der Waals surface area (Å²) in [4.78, 5) is 14.5. The second kappa shape index (κ2) is 3.10. The number of aromatic nitrogens is 1. The Kier molecular flexibility index (Phi) is 2.32. The number of carbonyl (C=O) groups is 1. The minimum Gasteiger partial charge on any atom is -0.478 e. The largest absolute Gasteiger partial charge is 0.478 e. The fourth-order valence-corrected chi connectivity index (χ4v) is 1.17. The molecule has 1 rings (SSSR count). The van der Waals surface area contributed by atoms with Gasteiger partial charge in [0, 0.05) is 6.20 Å². The van der Waals surface area contributed by atoms with Crippen molar-refractivity contribution < 1.29 is 9.90 Å². The maximum absolute atomic E-state index is 10.7. The minimum atomic E-state index is -1.06. The number of halogens is 1. The molecule has 0 spiro atoms. The van der Waals surface area contributed by atoms with Crippen LogP contribution in [0.5, 0.6) is 0 Å². The number of aryl methyl sites for hydroxylation is 1. The van der Waals surface area contributed by atoms with Crippen molar-refractivity contribution in [1.29, 1.82) is 0 Å². The summed E-state index contributed by atoms with van der Waals surface area (Å²) in [5, 5.41) is 8.73. The lowest BCUT2D eigenvalue weighted by Crippen LogP contribution is -2.07. The average Bonchev–Trinajstić information content (AvgIpc) is 1.97. The molecule has 1 heterocycles. The van der Waals surface area contributed by atoms with Gasteiger partial charge in [0.2, 0.25) is 0 Å². The number of nitrogens with two attached hydrogens (primary N) is 1. The second-order valence-corrected chi connectivity index (χ2v) is 3.14. The molecule has 0 aliphatic carbocycles. The van der Waals surface area contributed by atoms with Crippen LogP contribution in [-0.2, 0) is 0 Å². The van der Waals surface area contributed by atoms with Crippen molar-refractivity contribution in [1.82, 2.24) is 4.98 Å². The molecule has 64 valence electrons. The van der Waals surface area contributed by atoms with Crippen molar-refractivity contribution >= 4 is 27.6 Å². The van der Waals surface area contributed by atoms with Crippen molar-refractivity contribution in [3.05, 3.63) is 21.9 Å². The molecule has 0 unspecified atom stereocenters. The fourth-order valence-electron chi connectivity index (χ4n) is 0.872. The van der Waals surface area contributed by atoms with Gasteiger partial charge in [0.15, 0.2) is 0 Å². The van der Waals surface area contributed by atoms with E-state index in [4.69, 9.17) is 10.8 Å². The Labute approximate surface area is 77.5 Å². The van der Waals surface area contributed by atoms with E-state index in [0.717, 1.165) is 0 Å². The summed E-state index contributed by atoms with van der Waals surface area (Å²) in [6.45, 7) is 1.60. The third kappa shape index (κ3) is 1.40. The highest BCUT2D eigenvalue weighted by Crippen LogP contribution is 2.23. The molecule has 0 bridgehead atoms. The van der Waals surface area contributed by atoms with Crippen LogP contribution in [0.15, 0.2) is 10.7 Å². The highest BCUT2D eigenvalue weighted by molar-refractivity contribution is 9.10. The summed E-state index contributed by atoms with van der Waals surface area (Å²) in [5.74, 6) is -1.06. The Bertz CT molecular complexity index is 338. The smallest absolute Gasteiger partial charge is 0.339 e. The van der Waals surface area contributed by atoms with Crippen LogP contribution >= 0.6 is 15.9 Å². The van der Waals surface area contributed by atoms with Crippen molar-refractivity contribution in [3.63, 3.8) is 0 Å². The van der Waals surface area contributed by atoms with Crippen LogP contribution in [0.25, 0.3) is 0 Å². The Morgan fingerprint density at radius 2 is 2.33 bits per heavy atom. The van der Waals surface area contributed by atoms with Gasteiger partial charge in [0.05, 0.1) is 15.9 Å². The molecule has 4 nitrogen and oxygen atoms in total. The summed E-state index contributed by atoms with van der Waals surface area (Å²) >= 11 is 3.10. The number of anilines is 1. The van der Waals surface area contributed by atoms with Crippen molar-refractivity contribution in [2.45, 2.75) is 6.92 Å². The number of carboxylic acid groups (broad SMARTS) is 1. The quantitative estimate of drug-likeness (QED) is 0.766. The van der Waals surface area contributed by atoms with Crippen LogP contribution < -0.4 is 5.73 Å². The number of carboxylic acids is 1. The zero-order valence-electron chi connectivity index (χ0n) is 6.34. The lowest BCUT2D eigenvalue weighted by molar-refractivity contribution is 0.0696. The number of rotatable bonds is 1. The normalized spacial score (nSPS) is 9.83. The Morgan fingerprint density at radius 1 is 1.75 bits per heavy atom. The summed E-state index contributed by atoms with van der Waals surface area (Å²) in [6, 6.07) is 0. The molecule has 0 aromatic carbocycles. The Hall–Kier alpha value is -1.10. The first-order valence-corrected chi connectivity index (χ1v) is 3.97. The van der Waals surface area contributed by atoms with Crippen molar-refractivity contribution in [2.75, 3.05) is 5.73 Å². The van der Waals surface area contributed by atoms with Gasteiger partial charge in [-0.05, 0) is 22.9 Å². The van der Waals surface area contributed by atoms with Gasteiger partial charge in [-0.1, -0.05) is 0 Å². The summed E-state index contributed by atoms with van der Waals surface area (Å²) in [7, 11) is 0. The molecule has 0 aliphatic rings. The molecule has 12 heavy (non-hydrogen) atoms. The molecule has 0 saturated heterocycles. The summed E-state index contributed by atoms with van der Waals surface area (Å²) < 4.78 is 0.505. The first-order valence-electron chi connectivity index (χ1n) is 3.18. The number of nitrogens with zero attached hydrogens (tertiary/aromatic N) is 1. The molecule has 3 N–H and O–H groups in total. The van der Waals surface area contributed by atoms with E-state index in [1.807, 2.05) is 0 Å². The molecule has 0 atom stereocenters. The number of pyridine rings is 1. The molecule has 0 fully saturated rings. The molecule has 0 saturated carbocycles. The zero-order chi connectivity index (χ0) is 9.30. The van der Waals surface area contributed by atoms with Crippen LogP contribution in [0, 0.1) is 6.92 Å². The van der Waals surface area contributed by atoms with Crippen LogP contribution in [0.2, 0.25) is 0 Å². The fraction of sp³-hybridized carbons (Fsp3) is 0.143. The Balaban J connectivity index is 3.43. The molecular weight excluding hydrogens is 224 g/mol. The number of hydrogen-bond acceptors (Lipinski definition) is 3. The number of hydrogen-bond donors (Lipinski definition) is 2. The average molecular weight is 231 g/mol. The topological polar surface area (TPSA) is 76.2 Å². The standard InChI is InChI=1S/C7H7BrN2O2/c1-3-5(7(11)12)6(9)4(8)2-10-3/h2H,1H3,(H2,9,10)(H,11,12). The van der Waals surface area contributed by atoms with Crippen LogP contribution in [0.4, 0.5) is 5.69 Å². The summed E-state index contributed by atoms with van der Waals surface area (Å²) in [6.07, 6.45) is 1.48. The molecule has 1 aromatic heterocycles. The van der Waals surface area contributed by atoms with Crippen LogP contribution in [-0.4, -0.2) is 16.1 Å². The maximum Gasteiger partial charge on any atom is 0.339 e. The van der Waals surface area contributed by atoms with E-state index in [9.17, 15) is 4.79 Å². The van der Waals surface area contributed by atoms with Gasteiger partial charge < -0.3 is 10.8 Å². The van der Waals surface area contributed by atoms with Crippen LogP contribution in [0.3, 0.4) is 0 Å². The van der Waals surface area contributed by atoms with Gasteiger partial charge in [0.25, 0.3) is 0 Å². The van der Waals surface area contributed by atoms with Gasteiger partial charge in [-0.25, -0.2) is 4.79 Å². The van der Waals surface area contributed by atoms with Crippen molar-refractivity contribution in [2.24, 2.45) is 0 Å². The lowest BCUT2D eigenvalue weighted by atomic mass is 10.2. The molecule has 1 aromatic rings. The van der Waals surface area contributed by atoms with Gasteiger partial charge in [-0.2, -0.15) is 0 Å². The Morgan fingerprint density at radius 3 is 2.75 bits per heavy atom. The SMILES string of the molecule is Cc1ncc(Br)c(N)c1C(=O)O. The first kappa shape index (κ1) is 8.99. The zero-order valence-corrected chi connectivity index (χ0v) is 7.92. The third-order valence-corrected chi connectivity index (χ3v) is 2.11. The lowest BCUT2D eigenvalue weighted by Gasteiger charge is -2.04. The van der Waals surface area contributed by atoms with Crippen LogP contribution in [0.1, 0.15) is 16.1 Å². The van der Waals surface area contributed by atoms with Gasteiger partial charge >= 0.3 is 5.97 Å². The molecule has 5 heteroatoms. The van der Waals surface area contributed by atoms with E-state index in [1.165, 1.54) is 6.20 Å². The molecular formula is C7H7BrN2O2. The van der Waals surface area contributed by atoms with Crippen molar-refractivity contribution in [3.8, 4) is 0 Å². The first-order chi connectivity index (χ1) is 5.54. The van der Waals surface area contributed by atoms with E-state index in [0.29, 0.717) is 10.2 Å². The van der Waals surface area contributed by atoms with Gasteiger partial charge in [-0.15, -0.1) is 0 Å². The maximum atomic E-state index is 10.7. The van der Waals surface area contributed by atoms with E-state index in [1.54, 1.807) is 6.92 Å². The van der Waals surface area contributed by atoms with Gasteiger partial charge in [-0.3, -0.25) is 4.98 Å². The van der Waals surface area contributed by atoms with E-state index in [-0.39, 0.29) is 11.3 Å². The predicted molar refractivity (Wildman–Crippen MR) is 48.0 cm³/mol. The van der Waals surface area contributed by atoms with E-state index < -0.39 is 5.97 Å². The monoisotopic (exact) mass is 230 g/mol. The minimum absolute atomic E-state index is 0.0596. The highest BCUT2D eigenvalue weighted by Gasteiger charge is 2.14. The molecule has 0 aliphatic heterocycles. The van der Waals surface area contributed by atoms with E-state index in [2.05, 4.69) is 20.9 Å². The van der Waals surface area contributed by atoms with Gasteiger partial charge in [0.1, 0.15) is 5.56 Å². The summed E-state index contributed by atoms with van der Waals surface area (Å²) in [5.41, 5.74) is 6.21. The predicted octanol–water partition coefficient (Wildman–Crippen LogP) is 1.43. The third-order valence-electron chi connectivity index (χ3n) is 1.47. The number of nitrogen functional groups attached to an aromatic ring is 1. The molecule has 0 amide bonds. The second-order valence-electron chi connectivity index (χ2n) is 2.29. The van der Waals surface area contributed by atoms with E-state index >= 15 is 0 Å². The molecule has 0 radical (unpaired) electrons.